The summed E-state index contributed by atoms with van der Waals surface area (Å²) in [6, 6.07) is 20.0. The Morgan fingerprint density at radius 1 is 0.970 bits per heavy atom. The molecule has 5 nitrogen and oxygen atoms in total. The van der Waals surface area contributed by atoms with E-state index in [1.165, 1.54) is 5.56 Å². The van der Waals surface area contributed by atoms with Crippen LogP contribution in [0.3, 0.4) is 0 Å². The van der Waals surface area contributed by atoms with E-state index in [-0.39, 0.29) is 36.1 Å². The summed E-state index contributed by atoms with van der Waals surface area (Å²) in [6.45, 7) is 10.00. The van der Waals surface area contributed by atoms with Crippen molar-refractivity contribution in [2.75, 3.05) is 14.1 Å². The van der Waals surface area contributed by atoms with Crippen molar-refractivity contribution in [3.8, 4) is 0 Å². The Morgan fingerprint density at radius 2 is 1.52 bits per heavy atom. The maximum absolute atomic E-state index is 14.1. The summed E-state index contributed by atoms with van der Waals surface area (Å²) in [5.74, 6) is -0.564. The van der Waals surface area contributed by atoms with Crippen molar-refractivity contribution in [3.63, 3.8) is 0 Å². The monoisotopic (exact) mass is 450 g/mol. The fourth-order valence-corrected chi connectivity index (χ4v) is 5.09. The first-order valence-corrected chi connectivity index (χ1v) is 11.8. The second-order valence-electron chi connectivity index (χ2n) is 10.4. The predicted molar refractivity (Wildman–Crippen MR) is 132 cm³/mol. The molecule has 33 heavy (non-hydrogen) atoms. The molecule has 1 aliphatic rings. The molecule has 1 aliphatic heterocycles. The third-order valence-corrected chi connectivity index (χ3v) is 6.83. The highest BCUT2D eigenvalue weighted by Crippen LogP contribution is 2.43. The van der Waals surface area contributed by atoms with Crippen molar-refractivity contribution in [1.82, 2.24) is 9.80 Å². The number of carbonyl (C=O) groups is 2. The topological polar surface area (TPSA) is 49.9 Å². The summed E-state index contributed by atoms with van der Waals surface area (Å²) in [5, 5.41) is 0. The third-order valence-electron chi connectivity index (χ3n) is 6.83. The number of amides is 2. The lowest BCUT2D eigenvalue weighted by molar-refractivity contribution is -0.154. The van der Waals surface area contributed by atoms with E-state index >= 15 is 0 Å². The van der Waals surface area contributed by atoms with Crippen molar-refractivity contribution in [3.05, 3.63) is 71.8 Å². The van der Waals surface area contributed by atoms with Gasteiger partial charge >= 0.3 is 0 Å². The largest absolute Gasteiger partial charge is 0.349 e. The number of carbonyl (C=O) groups excluding carboxylic acids is 2. The summed E-state index contributed by atoms with van der Waals surface area (Å²) < 4.78 is 6.44. The van der Waals surface area contributed by atoms with Crippen molar-refractivity contribution in [2.45, 2.75) is 70.7 Å². The number of ether oxygens (including phenoxy) is 1. The molecule has 0 bridgehead atoms. The molecule has 0 unspecified atom stereocenters. The average Bonchev–Trinajstić information content (AvgIpc) is 2.95. The molecule has 1 fully saturated rings. The molecule has 2 amide bonds. The lowest BCUT2D eigenvalue weighted by Crippen LogP contribution is -2.53. The van der Waals surface area contributed by atoms with E-state index in [2.05, 4.69) is 26.0 Å². The van der Waals surface area contributed by atoms with Crippen LogP contribution in [0, 0.1) is 5.92 Å². The van der Waals surface area contributed by atoms with Crippen LogP contribution in [0.4, 0.5) is 0 Å². The highest BCUT2D eigenvalue weighted by molar-refractivity contribution is 5.83. The summed E-state index contributed by atoms with van der Waals surface area (Å²) in [5.41, 5.74) is 0.924. The minimum Gasteiger partial charge on any atom is -0.349 e. The molecule has 5 heteroatoms. The van der Waals surface area contributed by atoms with Gasteiger partial charge in [0.05, 0.1) is 11.6 Å². The molecule has 1 saturated heterocycles. The molecular weight excluding hydrogens is 412 g/mol. The predicted octanol–water partition coefficient (Wildman–Crippen LogP) is 4.87. The Hall–Kier alpha value is -2.66. The molecule has 0 saturated carbocycles. The van der Waals surface area contributed by atoms with Crippen LogP contribution in [-0.4, -0.2) is 53.1 Å². The number of nitrogens with zero attached hydrogens (tertiary/aromatic N) is 2. The summed E-state index contributed by atoms with van der Waals surface area (Å²) in [7, 11) is 3.51. The highest BCUT2D eigenvalue weighted by atomic mass is 16.6. The standard InChI is InChI=1S/C28H38N2O3/c1-20(23(19-25(31)29(6)7)22-16-12-9-13-17-22)26(32)30-24(18-21-14-10-8-11-15-21)27(2,3)33-28(30,4)5/h8-17,20,23-24H,18-19H2,1-7H3/t20-,23+,24+/m1/s1. The summed E-state index contributed by atoms with van der Waals surface area (Å²) >= 11 is 0. The van der Waals surface area contributed by atoms with Gasteiger partial charge in [0.15, 0.2) is 0 Å². The Labute approximate surface area is 198 Å². The van der Waals surface area contributed by atoms with E-state index < -0.39 is 11.3 Å². The van der Waals surface area contributed by atoms with Crippen LogP contribution in [0.1, 0.15) is 58.1 Å². The van der Waals surface area contributed by atoms with E-state index in [0.717, 1.165) is 5.56 Å². The lowest BCUT2D eigenvalue weighted by Gasteiger charge is -2.38. The first-order chi connectivity index (χ1) is 15.4. The minimum absolute atomic E-state index is 0.0154. The van der Waals surface area contributed by atoms with Gasteiger partial charge in [-0.1, -0.05) is 67.6 Å². The van der Waals surface area contributed by atoms with E-state index in [1.807, 2.05) is 74.2 Å². The van der Waals surface area contributed by atoms with E-state index in [0.29, 0.717) is 6.42 Å². The third kappa shape index (κ3) is 5.47. The lowest BCUT2D eigenvalue weighted by atomic mass is 9.82. The molecule has 0 aliphatic carbocycles. The zero-order valence-corrected chi connectivity index (χ0v) is 21.0. The fraction of sp³-hybridized carbons (Fsp3) is 0.500. The Morgan fingerprint density at radius 3 is 2.06 bits per heavy atom. The van der Waals surface area contributed by atoms with Crippen LogP contribution in [0.15, 0.2) is 60.7 Å². The quantitative estimate of drug-likeness (QED) is 0.605. The van der Waals surface area contributed by atoms with Crippen molar-refractivity contribution >= 4 is 11.8 Å². The smallest absolute Gasteiger partial charge is 0.228 e. The van der Waals surface area contributed by atoms with E-state index in [9.17, 15) is 9.59 Å². The molecule has 2 aromatic rings. The van der Waals surface area contributed by atoms with E-state index in [4.69, 9.17) is 4.74 Å². The second-order valence-corrected chi connectivity index (χ2v) is 10.4. The maximum Gasteiger partial charge on any atom is 0.228 e. The van der Waals surface area contributed by atoms with Gasteiger partial charge in [0, 0.05) is 32.4 Å². The van der Waals surface area contributed by atoms with Crippen LogP contribution >= 0.6 is 0 Å². The van der Waals surface area contributed by atoms with Gasteiger partial charge in [-0.05, 0) is 45.2 Å². The van der Waals surface area contributed by atoms with Crippen molar-refractivity contribution in [2.24, 2.45) is 5.92 Å². The van der Waals surface area contributed by atoms with Crippen LogP contribution < -0.4 is 0 Å². The van der Waals surface area contributed by atoms with Gasteiger partial charge in [0.1, 0.15) is 5.72 Å². The number of hydrogen-bond acceptors (Lipinski definition) is 3. The van der Waals surface area contributed by atoms with Crippen molar-refractivity contribution < 1.29 is 14.3 Å². The van der Waals surface area contributed by atoms with Crippen LogP contribution in [0.25, 0.3) is 0 Å². The van der Waals surface area contributed by atoms with Crippen molar-refractivity contribution in [1.29, 1.82) is 0 Å². The van der Waals surface area contributed by atoms with Gasteiger partial charge < -0.3 is 14.5 Å². The second kappa shape index (κ2) is 9.68. The van der Waals surface area contributed by atoms with Crippen LogP contribution in [-0.2, 0) is 20.7 Å². The molecule has 0 radical (unpaired) electrons. The van der Waals surface area contributed by atoms with Gasteiger partial charge in [0.25, 0.3) is 0 Å². The molecule has 0 aromatic heterocycles. The molecule has 178 valence electrons. The fourth-order valence-electron chi connectivity index (χ4n) is 5.09. The normalized spacial score (nSPS) is 20.8. The maximum atomic E-state index is 14.1. The zero-order valence-electron chi connectivity index (χ0n) is 21.0. The Balaban J connectivity index is 1.96. The molecule has 0 N–H and O–H groups in total. The van der Waals surface area contributed by atoms with Crippen LogP contribution in [0.2, 0.25) is 0 Å². The zero-order chi connectivity index (χ0) is 24.4. The summed E-state index contributed by atoms with van der Waals surface area (Å²) in [6.07, 6.45) is 0.994. The Kier molecular flexibility index (Phi) is 7.32. The molecule has 3 atom stereocenters. The highest BCUT2D eigenvalue weighted by Gasteiger charge is 2.55. The van der Waals surface area contributed by atoms with Gasteiger partial charge in [0.2, 0.25) is 11.8 Å². The van der Waals surface area contributed by atoms with Gasteiger partial charge in [-0.15, -0.1) is 0 Å². The molecule has 2 aromatic carbocycles. The molecular formula is C28H38N2O3. The van der Waals surface area contributed by atoms with Gasteiger partial charge in [-0.3, -0.25) is 9.59 Å². The van der Waals surface area contributed by atoms with E-state index in [1.54, 1.807) is 19.0 Å². The summed E-state index contributed by atoms with van der Waals surface area (Å²) in [4.78, 5) is 30.3. The number of benzene rings is 2. The molecule has 1 heterocycles. The van der Waals surface area contributed by atoms with Gasteiger partial charge in [-0.2, -0.15) is 0 Å². The first kappa shape index (κ1) is 25.0. The number of hydrogen-bond donors (Lipinski definition) is 0. The molecule has 0 spiro atoms. The minimum atomic E-state index is -0.749. The average molecular weight is 451 g/mol. The first-order valence-electron chi connectivity index (χ1n) is 11.8. The Bertz CT molecular complexity index is 954. The number of rotatable bonds is 7. The SMILES string of the molecule is C[C@@H](C(=O)N1[C@@H](Cc2ccccc2)C(C)(C)OC1(C)C)[C@H](CC(=O)N(C)C)c1ccccc1. The van der Waals surface area contributed by atoms with Crippen LogP contribution in [0.5, 0.6) is 0 Å². The molecule has 3 rings (SSSR count). The van der Waals surface area contributed by atoms with Gasteiger partial charge in [-0.25, -0.2) is 0 Å².